The van der Waals surface area contributed by atoms with E-state index in [9.17, 15) is 9.18 Å². The Bertz CT molecular complexity index is 626. The van der Waals surface area contributed by atoms with Crippen LogP contribution in [0.4, 0.5) is 4.39 Å². The van der Waals surface area contributed by atoms with Crippen molar-refractivity contribution in [3.8, 4) is 0 Å². The molecule has 3 nitrogen and oxygen atoms in total. The van der Waals surface area contributed by atoms with Gasteiger partial charge in [-0.25, -0.2) is 4.39 Å². The van der Waals surface area contributed by atoms with Crippen LogP contribution in [0.3, 0.4) is 0 Å². The summed E-state index contributed by atoms with van der Waals surface area (Å²) in [5.74, 6) is -0.488. The summed E-state index contributed by atoms with van der Waals surface area (Å²) in [7, 11) is 0. The van der Waals surface area contributed by atoms with Gasteiger partial charge in [0.1, 0.15) is 5.82 Å². The number of carbonyl (C=O) groups excluding carboxylic acids is 1. The van der Waals surface area contributed by atoms with Gasteiger partial charge in [0, 0.05) is 12.4 Å². The number of nitrogens with zero attached hydrogens (tertiary/aromatic N) is 1. The van der Waals surface area contributed by atoms with Crippen molar-refractivity contribution in [2.24, 2.45) is 0 Å². The Balaban J connectivity index is 2.15. The lowest BCUT2D eigenvalue weighted by molar-refractivity contribution is -0.126. The summed E-state index contributed by atoms with van der Waals surface area (Å²) in [6, 6.07) is 9.73. The van der Waals surface area contributed by atoms with Crippen LogP contribution >= 0.6 is 0 Å². The Labute approximate surface area is 124 Å². The van der Waals surface area contributed by atoms with Crippen molar-refractivity contribution in [1.82, 2.24) is 10.3 Å². The summed E-state index contributed by atoms with van der Waals surface area (Å²) in [6.07, 6.45) is 3.41. The maximum Gasteiger partial charge on any atom is 0.230 e. The number of carbonyl (C=O) groups is 1. The van der Waals surface area contributed by atoms with Gasteiger partial charge in [-0.05, 0) is 50.1 Å². The average molecular weight is 286 g/mol. The molecule has 2 rings (SSSR count). The monoisotopic (exact) mass is 286 g/mol. The number of rotatable bonds is 4. The van der Waals surface area contributed by atoms with E-state index in [4.69, 9.17) is 0 Å². The Morgan fingerprint density at radius 3 is 2.67 bits per heavy atom. The molecule has 1 aromatic heterocycles. The van der Waals surface area contributed by atoms with Crippen molar-refractivity contribution >= 4 is 5.91 Å². The lowest BCUT2D eigenvalue weighted by Crippen LogP contribution is -2.41. The van der Waals surface area contributed by atoms with Gasteiger partial charge in [-0.15, -0.1) is 0 Å². The molecule has 1 heterocycles. The number of nitrogens with one attached hydrogen (secondary N) is 1. The fourth-order valence-electron chi connectivity index (χ4n) is 2.10. The Kier molecular flexibility index (Phi) is 4.36. The molecule has 1 N–H and O–H groups in total. The van der Waals surface area contributed by atoms with Gasteiger partial charge in [0.15, 0.2) is 0 Å². The van der Waals surface area contributed by atoms with Crippen molar-refractivity contribution in [3.05, 3.63) is 65.7 Å². The highest BCUT2D eigenvalue weighted by molar-refractivity contribution is 5.87. The zero-order valence-corrected chi connectivity index (χ0v) is 12.4. The van der Waals surface area contributed by atoms with Crippen molar-refractivity contribution in [2.45, 2.75) is 32.2 Å². The Morgan fingerprint density at radius 2 is 2.05 bits per heavy atom. The third-order valence-electron chi connectivity index (χ3n) is 3.65. The first kappa shape index (κ1) is 15.2. The van der Waals surface area contributed by atoms with Crippen LogP contribution in [-0.4, -0.2) is 10.9 Å². The minimum Gasteiger partial charge on any atom is -0.349 e. The minimum absolute atomic E-state index is 0.149. The summed E-state index contributed by atoms with van der Waals surface area (Å²) < 4.78 is 13.3. The number of benzene rings is 1. The van der Waals surface area contributed by atoms with E-state index in [0.29, 0.717) is 5.56 Å². The molecule has 1 atom stereocenters. The number of amides is 1. The summed E-state index contributed by atoms with van der Waals surface area (Å²) in [5, 5.41) is 2.95. The number of aromatic nitrogens is 1. The smallest absolute Gasteiger partial charge is 0.230 e. The van der Waals surface area contributed by atoms with E-state index in [1.807, 2.05) is 19.1 Å². The van der Waals surface area contributed by atoms with Gasteiger partial charge in [-0.1, -0.05) is 18.2 Å². The van der Waals surface area contributed by atoms with Gasteiger partial charge in [0.05, 0.1) is 11.5 Å². The van der Waals surface area contributed by atoms with Crippen LogP contribution in [0, 0.1) is 5.82 Å². The van der Waals surface area contributed by atoms with Crippen LogP contribution in [0.1, 0.15) is 37.9 Å². The van der Waals surface area contributed by atoms with E-state index in [-0.39, 0.29) is 17.8 Å². The first-order valence-corrected chi connectivity index (χ1v) is 6.88. The first-order valence-electron chi connectivity index (χ1n) is 6.88. The van der Waals surface area contributed by atoms with Crippen LogP contribution in [0.15, 0.2) is 48.8 Å². The molecule has 0 aliphatic rings. The van der Waals surface area contributed by atoms with Crippen molar-refractivity contribution in [3.63, 3.8) is 0 Å². The molecule has 1 aromatic carbocycles. The second kappa shape index (κ2) is 6.04. The highest BCUT2D eigenvalue weighted by Crippen LogP contribution is 2.25. The maximum atomic E-state index is 13.3. The second-order valence-electron chi connectivity index (χ2n) is 5.62. The normalized spacial score (nSPS) is 12.8. The van der Waals surface area contributed by atoms with Gasteiger partial charge < -0.3 is 5.32 Å². The average Bonchev–Trinajstić information content (AvgIpc) is 2.48. The maximum absolute atomic E-state index is 13.3. The molecule has 0 unspecified atom stereocenters. The highest BCUT2D eigenvalue weighted by atomic mass is 19.1. The highest BCUT2D eigenvalue weighted by Gasteiger charge is 2.31. The predicted molar refractivity (Wildman–Crippen MR) is 80.2 cm³/mol. The van der Waals surface area contributed by atoms with Crippen molar-refractivity contribution in [2.75, 3.05) is 0 Å². The number of pyridine rings is 1. The Hall–Kier alpha value is -2.23. The SMILES string of the molecule is C[C@H](NC(=O)C(C)(C)c1cccc(F)c1)c1cccnc1. The molecule has 0 fully saturated rings. The van der Waals surface area contributed by atoms with E-state index in [2.05, 4.69) is 10.3 Å². The van der Waals surface area contributed by atoms with Gasteiger partial charge in [0.25, 0.3) is 0 Å². The van der Waals surface area contributed by atoms with E-state index < -0.39 is 5.41 Å². The molecule has 21 heavy (non-hydrogen) atoms. The second-order valence-corrected chi connectivity index (χ2v) is 5.62. The lowest BCUT2D eigenvalue weighted by atomic mass is 9.83. The van der Waals surface area contributed by atoms with Crippen LogP contribution in [0.25, 0.3) is 0 Å². The lowest BCUT2D eigenvalue weighted by Gasteiger charge is -2.26. The van der Waals surface area contributed by atoms with Gasteiger partial charge >= 0.3 is 0 Å². The number of halogens is 1. The molecule has 0 aliphatic carbocycles. The van der Waals surface area contributed by atoms with Crippen molar-refractivity contribution < 1.29 is 9.18 Å². The van der Waals surface area contributed by atoms with Gasteiger partial charge in [-0.2, -0.15) is 0 Å². The third-order valence-corrected chi connectivity index (χ3v) is 3.65. The minimum atomic E-state index is -0.807. The summed E-state index contributed by atoms with van der Waals surface area (Å²) in [4.78, 5) is 16.6. The standard InChI is InChI=1S/C17H19FN2O/c1-12(13-6-5-9-19-11-13)20-16(21)17(2,3)14-7-4-8-15(18)10-14/h4-12H,1-3H3,(H,20,21)/t12-/m0/s1. The van der Waals surface area contributed by atoms with Gasteiger partial charge in [-0.3, -0.25) is 9.78 Å². The molecular formula is C17H19FN2O. The fraction of sp³-hybridized carbons (Fsp3) is 0.294. The van der Waals surface area contributed by atoms with E-state index in [1.165, 1.54) is 12.1 Å². The largest absolute Gasteiger partial charge is 0.349 e. The molecule has 0 radical (unpaired) electrons. The quantitative estimate of drug-likeness (QED) is 0.936. The van der Waals surface area contributed by atoms with Gasteiger partial charge in [0.2, 0.25) is 5.91 Å². The van der Waals surface area contributed by atoms with Crippen molar-refractivity contribution in [1.29, 1.82) is 0 Å². The molecule has 0 bridgehead atoms. The zero-order valence-electron chi connectivity index (χ0n) is 12.4. The van der Waals surface area contributed by atoms with E-state index in [1.54, 1.807) is 38.4 Å². The number of hydrogen-bond donors (Lipinski definition) is 1. The summed E-state index contributed by atoms with van der Waals surface area (Å²) in [5.41, 5.74) is 0.776. The molecule has 0 saturated heterocycles. The van der Waals surface area contributed by atoms with Crippen LogP contribution in [-0.2, 0) is 10.2 Å². The van der Waals surface area contributed by atoms with Crippen LogP contribution in [0.5, 0.6) is 0 Å². The topological polar surface area (TPSA) is 42.0 Å². The number of hydrogen-bond acceptors (Lipinski definition) is 2. The third kappa shape index (κ3) is 3.45. The van der Waals surface area contributed by atoms with E-state index in [0.717, 1.165) is 5.56 Å². The zero-order chi connectivity index (χ0) is 15.5. The molecule has 0 aliphatic heterocycles. The molecule has 110 valence electrons. The molecule has 4 heteroatoms. The Morgan fingerprint density at radius 1 is 1.29 bits per heavy atom. The fourth-order valence-corrected chi connectivity index (χ4v) is 2.10. The molecule has 2 aromatic rings. The molecular weight excluding hydrogens is 267 g/mol. The first-order chi connectivity index (χ1) is 9.91. The molecule has 0 spiro atoms. The summed E-state index contributed by atoms with van der Waals surface area (Å²) >= 11 is 0. The molecule has 0 saturated carbocycles. The van der Waals surface area contributed by atoms with Crippen LogP contribution < -0.4 is 5.32 Å². The van der Waals surface area contributed by atoms with Crippen LogP contribution in [0.2, 0.25) is 0 Å². The summed E-state index contributed by atoms with van der Waals surface area (Å²) in [6.45, 7) is 5.47. The molecule has 1 amide bonds. The van der Waals surface area contributed by atoms with E-state index >= 15 is 0 Å². The predicted octanol–water partition coefficient (Wildman–Crippen LogP) is 3.38.